The molecule has 21 heavy (non-hydrogen) atoms. The number of aliphatic hydroxyl groups is 1. The molecule has 1 aromatic rings. The number of rotatable bonds is 5. The molecule has 0 aromatic heterocycles. The Bertz CT molecular complexity index is 460. The van der Waals surface area contributed by atoms with E-state index in [1.165, 1.54) is 18.4 Å². The van der Waals surface area contributed by atoms with E-state index in [4.69, 9.17) is 4.74 Å². The molecule has 1 aromatic carbocycles. The van der Waals surface area contributed by atoms with Gasteiger partial charge < -0.3 is 15.2 Å². The topological polar surface area (TPSA) is 44.7 Å². The smallest absolute Gasteiger partial charge is 0.124 e. The van der Waals surface area contributed by atoms with Gasteiger partial charge in [0.05, 0.1) is 13.2 Å². The minimum Gasteiger partial charge on any atom is -0.493 e. The fraction of sp³-hybridized carbons (Fsp3) is 0.647. The lowest BCUT2D eigenvalue weighted by Crippen LogP contribution is -2.45. The van der Waals surface area contributed by atoms with Crippen LogP contribution in [0.25, 0.3) is 0 Å². The van der Waals surface area contributed by atoms with Gasteiger partial charge in [-0.1, -0.05) is 25.1 Å². The number of aliphatic hydroxyl groups excluding tert-OH is 1. The van der Waals surface area contributed by atoms with E-state index >= 15 is 0 Å². The summed E-state index contributed by atoms with van der Waals surface area (Å²) in [5.41, 5.74) is 1.27. The maximum atomic E-state index is 9.48. The third kappa shape index (κ3) is 3.23. The first-order valence-electron chi connectivity index (χ1n) is 8.09. The first-order valence-corrected chi connectivity index (χ1v) is 8.09. The fourth-order valence-electron chi connectivity index (χ4n) is 3.70. The van der Waals surface area contributed by atoms with Crippen LogP contribution in [-0.2, 0) is 0 Å². The molecule has 116 valence electrons. The Hall–Kier alpha value is -1.10. The zero-order valence-electron chi connectivity index (χ0n) is 12.8. The molecule has 2 aliphatic heterocycles. The van der Waals surface area contributed by atoms with Crippen LogP contribution in [0.15, 0.2) is 24.3 Å². The number of hydrogen-bond acceptors (Lipinski definition) is 4. The Morgan fingerprint density at radius 2 is 2.24 bits per heavy atom. The van der Waals surface area contributed by atoms with Crippen molar-refractivity contribution in [1.82, 2.24) is 10.2 Å². The van der Waals surface area contributed by atoms with Crippen molar-refractivity contribution in [3.05, 3.63) is 29.8 Å². The maximum Gasteiger partial charge on any atom is 0.124 e. The van der Waals surface area contributed by atoms with Crippen molar-refractivity contribution >= 4 is 0 Å². The summed E-state index contributed by atoms with van der Waals surface area (Å²) in [5.74, 6) is 1.44. The normalized spacial score (nSPS) is 28.4. The van der Waals surface area contributed by atoms with Gasteiger partial charge in [0.25, 0.3) is 0 Å². The van der Waals surface area contributed by atoms with E-state index in [1.807, 2.05) is 6.07 Å². The average molecular weight is 290 g/mol. The second-order valence-corrected chi connectivity index (χ2v) is 6.28. The summed E-state index contributed by atoms with van der Waals surface area (Å²) in [6.45, 7) is 6.05. The highest BCUT2D eigenvalue weighted by atomic mass is 16.5. The molecule has 2 aliphatic rings. The van der Waals surface area contributed by atoms with Crippen LogP contribution in [0, 0.1) is 5.92 Å². The zero-order chi connectivity index (χ0) is 14.7. The number of benzene rings is 1. The number of para-hydroxylation sites is 1. The van der Waals surface area contributed by atoms with E-state index in [9.17, 15) is 5.11 Å². The lowest BCUT2D eigenvalue weighted by Gasteiger charge is -2.40. The molecular weight excluding hydrogens is 264 g/mol. The molecule has 4 heteroatoms. The molecule has 1 fully saturated rings. The van der Waals surface area contributed by atoms with Gasteiger partial charge in [0.2, 0.25) is 0 Å². The number of ether oxygens (including phenoxy) is 1. The van der Waals surface area contributed by atoms with Crippen molar-refractivity contribution in [2.24, 2.45) is 5.92 Å². The largest absolute Gasteiger partial charge is 0.493 e. The van der Waals surface area contributed by atoms with E-state index < -0.39 is 0 Å². The van der Waals surface area contributed by atoms with Crippen LogP contribution in [0.2, 0.25) is 0 Å². The molecule has 0 radical (unpaired) electrons. The van der Waals surface area contributed by atoms with Gasteiger partial charge in [0, 0.05) is 36.7 Å². The summed E-state index contributed by atoms with van der Waals surface area (Å²) in [6, 6.07) is 9.23. The summed E-state index contributed by atoms with van der Waals surface area (Å²) in [6.07, 6.45) is 2.50. The summed E-state index contributed by atoms with van der Waals surface area (Å²) in [5, 5.41) is 13.1. The first kappa shape index (κ1) is 14.8. The minimum atomic E-state index is 0.207. The van der Waals surface area contributed by atoms with Crippen LogP contribution < -0.4 is 10.1 Å². The fourth-order valence-corrected chi connectivity index (χ4v) is 3.70. The molecule has 1 saturated heterocycles. The lowest BCUT2D eigenvalue weighted by molar-refractivity contribution is 0.0683. The summed E-state index contributed by atoms with van der Waals surface area (Å²) in [7, 11) is 0. The number of fused-ring (bicyclic) bond motifs is 1. The molecule has 2 N–H and O–H groups in total. The van der Waals surface area contributed by atoms with Crippen LogP contribution in [-0.4, -0.2) is 48.9 Å². The van der Waals surface area contributed by atoms with E-state index in [0.29, 0.717) is 18.0 Å². The second-order valence-electron chi connectivity index (χ2n) is 6.28. The molecule has 3 atom stereocenters. The van der Waals surface area contributed by atoms with Crippen molar-refractivity contribution in [2.75, 3.05) is 32.8 Å². The molecule has 0 aliphatic carbocycles. The van der Waals surface area contributed by atoms with Gasteiger partial charge in [0.1, 0.15) is 5.75 Å². The van der Waals surface area contributed by atoms with Gasteiger partial charge in [-0.3, -0.25) is 4.90 Å². The monoisotopic (exact) mass is 290 g/mol. The van der Waals surface area contributed by atoms with Crippen LogP contribution in [0.1, 0.15) is 31.4 Å². The highest BCUT2D eigenvalue weighted by Crippen LogP contribution is 2.39. The Morgan fingerprint density at radius 3 is 3.00 bits per heavy atom. The van der Waals surface area contributed by atoms with Crippen LogP contribution in [0.3, 0.4) is 0 Å². The van der Waals surface area contributed by atoms with E-state index in [2.05, 4.69) is 35.3 Å². The Kier molecular flexibility index (Phi) is 4.78. The molecule has 0 saturated carbocycles. The van der Waals surface area contributed by atoms with Gasteiger partial charge in [0.15, 0.2) is 0 Å². The van der Waals surface area contributed by atoms with Crippen molar-refractivity contribution in [3.63, 3.8) is 0 Å². The van der Waals surface area contributed by atoms with Gasteiger partial charge in [-0.15, -0.1) is 0 Å². The van der Waals surface area contributed by atoms with E-state index in [1.54, 1.807) is 0 Å². The van der Waals surface area contributed by atoms with Crippen molar-refractivity contribution in [3.8, 4) is 5.75 Å². The average Bonchev–Trinajstić information content (AvgIpc) is 3.00. The Morgan fingerprint density at radius 1 is 1.38 bits per heavy atom. The van der Waals surface area contributed by atoms with E-state index in [-0.39, 0.29) is 6.61 Å². The summed E-state index contributed by atoms with van der Waals surface area (Å²) in [4.78, 5) is 2.44. The predicted molar refractivity (Wildman–Crippen MR) is 83.5 cm³/mol. The zero-order valence-corrected chi connectivity index (χ0v) is 12.8. The molecule has 2 heterocycles. The van der Waals surface area contributed by atoms with Crippen molar-refractivity contribution < 1.29 is 9.84 Å². The molecule has 0 bridgehead atoms. The van der Waals surface area contributed by atoms with Gasteiger partial charge in [-0.05, 0) is 25.5 Å². The maximum absolute atomic E-state index is 9.48. The first-order chi connectivity index (χ1) is 10.3. The van der Waals surface area contributed by atoms with Gasteiger partial charge in [-0.2, -0.15) is 0 Å². The van der Waals surface area contributed by atoms with E-state index in [0.717, 1.165) is 32.0 Å². The Balaban J connectivity index is 1.82. The lowest BCUT2D eigenvalue weighted by atomic mass is 9.90. The molecule has 0 amide bonds. The molecule has 0 spiro atoms. The van der Waals surface area contributed by atoms with Gasteiger partial charge in [-0.25, -0.2) is 0 Å². The third-order valence-corrected chi connectivity index (χ3v) is 4.68. The highest BCUT2D eigenvalue weighted by molar-refractivity contribution is 5.38. The summed E-state index contributed by atoms with van der Waals surface area (Å²) >= 11 is 0. The van der Waals surface area contributed by atoms with Crippen molar-refractivity contribution in [1.29, 1.82) is 0 Å². The predicted octanol–water partition coefficient (Wildman–Crippen LogP) is 1.80. The highest BCUT2D eigenvalue weighted by Gasteiger charge is 2.33. The Labute approximate surface area is 127 Å². The SMILES string of the molecule is CC1COc2ccccc2C1N(CCO)CC1CCCN1. The molecule has 3 rings (SSSR count). The second kappa shape index (κ2) is 6.77. The molecular formula is C17H26N2O2. The standard InChI is InChI=1S/C17H26N2O2/c1-13-12-21-16-7-3-2-6-15(16)17(13)19(9-10-20)11-14-5-4-8-18-14/h2-3,6-7,13-14,17-18,20H,4-5,8-12H2,1H3. The quantitative estimate of drug-likeness (QED) is 0.868. The summed E-state index contributed by atoms with van der Waals surface area (Å²) < 4.78 is 5.86. The van der Waals surface area contributed by atoms with Crippen molar-refractivity contribution in [2.45, 2.75) is 31.8 Å². The number of nitrogens with zero attached hydrogens (tertiary/aromatic N) is 1. The number of nitrogens with one attached hydrogen (secondary N) is 1. The van der Waals surface area contributed by atoms with Crippen LogP contribution in [0.5, 0.6) is 5.75 Å². The van der Waals surface area contributed by atoms with Gasteiger partial charge >= 0.3 is 0 Å². The molecule has 3 unspecified atom stereocenters. The minimum absolute atomic E-state index is 0.207. The van der Waals surface area contributed by atoms with Crippen LogP contribution in [0.4, 0.5) is 0 Å². The molecule has 4 nitrogen and oxygen atoms in total. The third-order valence-electron chi connectivity index (χ3n) is 4.68. The number of hydrogen-bond donors (Lipinski definition) is 2. The van der Waals surface area contributed by atoms with Crippen LogP contribution >= 0.6 is 0 Å².